The maximum absolute atomic E-state index is 15.3. The minimum absolute atomic E-state index is 0.0141. The number of ether oxygens (including phenoxy) is 1. The number of hydrogen-bond donors (Lipinski definition) is 1. The van der Waals surface area contributed by atoms with Gasteiger partial charge in [0.05, 0.1) is 35.1 Å². The second kappa shape index (κ2) is 13.5. The molecule has 0 spiro atoms. The number of aromatic hydroxyl groups is 1. The van der Waals surface area contributed by atoms with Crippen molar-refractivity contribution >= 4 is 57.3 Å². The van der Waals surface area contributed by atoms with Crippen LogP contribution in [0.1, 0.15) is 35.4 Å². The first-order chi connectivity index (χ1) is 28.2. The molecule has 2 heterocycles. The Labute approximate surface area is 338 Å². The first-order valence-corrected chi connectivity index (χ1v) is 19.6. The standard InChI is InChI=1S/C48H35ClN2O7/c1-57-39-23-28(22-36(49)44(39)54)42-31-20-21-32-41(47(56)51(46(32)55)30-18-16-27(17-19-30)45-50-37-14-8-9-15-38(37)58-45)34(31)24-35-43(53)33(26-10-4-2-5-11-26)25-40(52)48(35,42)29-12-6-3-7-13-29/h2-20,22-23,25,32,34-35,41-42,54H,21,24H2,1H3. The molecule has 0 radical (unpaired) electrons. The van der Waals surface area contributed by atoms with Crippen LogP contribution in [0.5, 0.6) is 11.5 Å². The van der Waals surface area contributed by atoms with E-state index in [1.54, 1.807) is 36.4 Å². The Kier molecular flexibility index (Phi) is 8.35. The van der Waals surface area contributed by atoms with Crippen LogP contribution in [0.3, 0.4) is 0 Å². The average Bonchev–Trinajstić information content (AvgIpc) is 3.81. The zero-order valence-corrected chi connectivity index (χ0v) is 31.9. The van der Waals surface area contributed by atoms with Crippen LogP contribution in [0.4, 0.5) is 5.69 Å². The molecule has 6 unspecified atom stereocenters. The van der Waals surface area contributed by atoms with E-state index < -0.39 is 35.0 Å². The number of allylic oxidation sites excluding steroid dienone is 4. The van der Waals surface area contributed by atoms with Crippen LogP contribution < -0.4 is 9.64 Å². The van der Waals surface area contributed by atoms with Gasteiger partial charge in [-0.25, -0.2) is 4.98 Å². The molecule has 1 saturated carbocycles. The number of anilines is 1. The summed E-state index contributed by atoms with van der Waals surface area (Å²) in [5.41, 5.74) is 3.92. The number of Topliss-reactive ketones (excluding diaryl/α,β-unsaturated/α-hetero) is 1. The average molecular weight is 787 g/mol. The number of imide groups is 1. The highest BCUT2D eigenvalue weighted by Crippen LogP contribution is 2.64. The minimum atomic E-state index is -1.46. The molecule has 1 N–H and O–H groups in total. The van der Waals surface area contributed by atoms with Crippen LogP contribution in [0.2, 0.25) is 5.02 Å². The van der Waals surface area contributed by atoms with Gasteiger partial charge in [0.2, 0.25) is 17.7 Å². The Hall–Kier alpha value is -6.58. The summed E-state index contributed by atoms with van der Waals surface area (Å²) in [6.07, 6.45) is 3.86. The highest BCUT2D eigenvalue weighted by atomic mass is 35.5. The summed E-state index contributed by atoms with van der Waals surface area (Å²) in [5.74, 6) is -4.70. The van der Waals surface area contributed by atoms with Crippen molar-refractivity contribution in [3.8, 4) is 23.0 Å². The van der Waals surface area contributed by atoms with E-state index in [2.05, 4.69) is 4.98 Å². The summed E-state index contributed by atoms with van der Waals surface area (Å²) in [6, 6.07) is 36.2. The number of benzene rings is 5. The fraction of sp³-hybridized carbons (Fsp3) is 0.188. The number of fused-ring (bicyclic) bond motifs is 5. The quantitative estimate of drug-likeness (QED) is 0.131. The SMILES string of the molecule is COc1cc(C2C3=CCC4C(=O)N(c5ccc(-c6nc7ccccc7o6)cc5)C(=O)C4C3CC3C(=O)C(c4ccccc4)=CC(=O)C32c2ccccc2)cc(Cl)c1O. The van der Waals surface area contributed by atoms with Crippen molar-refractivity contribution in [1.29, 1.82) is 0 Å². The van der Waals surface area contributed by atoms with E-state index in [1.807, 2.05) is 91.0 Å². The highest BCUT2D eigenvalue weighted by molar-refractivity contribution is 6.33. The molecule has 0 bridgehead atoms. The van der Waals surface area contributed by atoms with Crippen LogP contribution >= 0.6 is 11.6 Å². The van der Waals surface area contributed by atoms with Gasteiger partial charge >= 0.3 is 0 Å². The lowest BCUT2D eigenvalue weighted by Crippen LogP contribution is -2.58. The number of para-hydroxylation sites is 2. The van der Waals surface area contributed by atoms with Crippen molar-refractivity contribution in [2.75, 3.05) is 12.0 Å². The predicted molar refractivity (Wildman–Crippen MR) is 218 cm³/mol. The van der Waals surface area contributed by atoms with Gasteiger partial charge in [-0.1, -0.05) is 96.0 Å². The van der Waals surface area contributed by atoms with Crippen molar-refractivity contribution in [3.63, 3.8) is 0 Å². The van der Waals surface area contributed by atoms with E-state index in [4.69, 9.17) is 20.8 Å². The van der Waals surface area contributed by atoms with E-state index in [1.165, 1.54) is 18.1 Å². The number of halogens is 1. The second-order valence-electron chi connectivity index (χ2n) is 15.4. The molecule has 286 valence electrons. The number of amides is 2. The van der Waals surface area contributed by atoms with Crippen LogP contribution in [0, 0.1) is 23.7 Å². The second-order valence-corrected chi connectivity index (χ2v) is 15.8. The number of carbonyl (C=O) groups excluding carboxylic acids is 4. The first-order valence-electron chi connectivity index (χ1n) is 19.2. The van der Waals surface area contributed by atoms with Crippen LogP contribution in [0.25, 0.3) is 28.1 Å². The third-order valence-electron chi connectivity index (χ3n) is 12.6. The minimum Gasteiger partial charge on any atom is -0.503 e. The van der Waals surface area contributed by atoms with Crippen LogP contribution in [-0.2, 0) is 24.6 Å². The predicted octanol–water partition coefficient (Wildman–Crippen LogP) is 8.89. The number of phenols is 1. The fourth-order valence-corrected chi connectivity index (χ4v) is 10.4. The first kappa shape index (κ1) is 35.8. The molecule has 1 aliphatic heterocycles. The zero-order valence-electron chi connectivity index (χ0n) is 31.2. The molecule has 10 rings (SSSR count). The van der Waals surface area contributed by atoms with Crippen LogP contribution in [0.15, 0.2) is 143 Å². The summed E-state index contributed by atoms with van der Waals surface area (Å²) in [7, 11) is 1.42. The normalized spacial score (nSPS) is 25.2. The Balaban J connectivity index is 1.11. The van der Waals surface area contributed by atoms with Gasteiger partial charge in [0.25, 0.3) is 0 Å². The number of carbonyl (C=O) groups is 4. The van der Waals surface area contributed by atoms with E-state index in [9.17, 15) is 14.7 Å². The number of methoxy groups -OCH3 is 1. The summed E-state index contributed by atoms with van der Waals surface area (Å²) in [5, 5.41) is 10.9. The molecule has 9 nitrogen and oxygen atoms in total. The van der Waals surface area contributed by atoms with E-state index in [-0.39, 0.29) is 52.7 Å². The molecule has 5 aromatic carbocycles. The summed E-state index contributed by atoms with van der Waals surface area (Å²) >= 11 is 6.69. The van der Waals surface area contributed by atoms with Crippen molar-refractivity contribution in [2.24, 2.45) is 23.7 Å². The summed E-state index contributed by atoms with van der Waals surface area (Å²) in [4.78, 5) is 65.6. The summed E-state index contributed by atoms with van der Waals surface area (Å²) in [6.45, 7) is 0. The molecule has 2 fully saturated rings. The van der Waals surface area contributed by atoms with Gasteiger partial charge in [-0.2, -0.15) is 0 Å². The Morgan fingerprint density at radius 1 is 0.828 bits per heavy atom. The number of rotatable bonds is 6. The van der Waals surface area contributed by atoms with Crippen molar-refractivity contribution < 1.29 is 33.4 Å². The number of nitrogens with zero attached hydrogens (tertiary/aromatic N) is 2. The molecular weight excluding hydrogens is 752 g/mol. The molecule has 1 saturated heterocycles. The van der Waals surface area contributed by atoms with Gasteiger partial charge in [-0.3, -0.25) is 24.1 Å². The van der Waals surface area contributed by atoms with E-state index in [0.717, 1.165) is 11.1 Å². The molecule has 1 aromatic heterocycles. The van der Waals surface area contributed by atoms with Crippen molar-refractivity contribution in [1.82, 2.24) is 4.98 Å². The number of phenolic OH excluding ortho intramolecular Hbond substituents is 1. The lowest BCUT2D eigenvalue weighted by Gasteiger charge is -2.55. The molecule has 58 heavy (non-hydrogen) atoms. The molecule has 4 aliphatic rings. The van der Waals surface area contributed by atoms with Crippen molar-refractivity contribution in [2.45, 2.75) is 24.2 Å². The molecule has 6 aromatic rings. The smallest absolute Gasteiger partial charge is 0.238 e. The Bertz CT molecular complexity index is 2720. The Morgan fingerprint density at radius 2 is 1.53 bits per heavy atom. The van der Waals surface area contributed by atoms with Gasteiger partial charge in [0.15, 0.2) is 28.6 Å². The lowest BCUT2D eigenvalue weighted by atomic mass is 9.44. The third kappa shape index (κ3) is 5.19. The van der Waals surface area contributed by atoms with Gasteiger partial charge in [0, 0.05) is 23.0 Å². The topological polar surface area (TPSA) is 127 Å². The molecule has 6 atom stereocenters. The van der Waals surface area contributed by atoms with Gasteiger partial charge in [-0.15, -0.1) is 0 Å². The van der Waals surface area contributed by atoms with Crippen molar-refractivity contribution in [3.05, 3.63) is 161 Å². The van der Waals surface area contributed by atoms with Gasteiger partial charge in [-0.05, 0) is 90.1 Å². The van der Waals surface area contributed by atoms with Gasteiger partial charge in [0.1, 0.15) is 5.52 Å². The number of ketones is 2. The lowest BCUT2D eigenvalue weighted by molar-refractivity contribution is -0.135. The number of aromatic nitrogens is 1. The van der Waals surface area contributed by atoms with E-state index >= 15 is 9.59 Å². The van der Waals surface area contributed by atoms with Gasteiger partial charge < -0.3 is 14.3 Å². The van der Waals surface area contributed by atoms with Crippen LogP contribution in [-0.4, -0.2) is 40.6 Å². The maximum Gasteiger partial charge on any atom is 0.238 e. The largest absolute Gasteiger partial charge is 0.503 e. The number of oxazole rings is 1. The molecule has 10 heteroatoms. The number of hydrogen-bond acceptors (Lipinski definition) is 8. The van der Waals surface area contributed by atoms with E-state index in [0.29, 0.717) is 45.0 Å². The summed E-state index contributed by atoms with van der Waals surface area (Å²) < 4.78 is 11.5. The Morgan fingerprint density at radius 3 is 2.26 bits per heavy atom. The molecular formula is C48H35ClN2O7. The molecule has 2 amide bonds. The third-order valence-corrected chi connectivity index (χ3v) is 12.9. The monoisotopic (exact) mass is 786 g/mol. The molecule has 3 aliphatic carbocycles. The zero-order chi connectivity index (χ0) is 39.9. The maximum atomic E-state index is 15.3. The fourth-order valence-electron chi connectivity index (χ4n) is 10.2. The highest BCUT2D eigenvalue weighted by Gasteiger charge is 2.66.